The molecule has 1 aliphatic carbocycles. The van der Waals surface area contributed by atoms with Crippen molar-refractivity contribution in [2.45, 2.75) is 19.4 Å². The molecule has 70 valence electrons. The molecule has 0 amide bonds. The second kappa shape index (κ2) is 3.75. The Labute approximate surface area is 77.4 Å². The molecule has 3 heteroatoms. The summed E-state index contributed by atoms with van der Waals surface area (Å²) in [4.78, 5) is 4.07. The van der Waals surface area contributed by atoms with Gasteiger partial charge in [0.05, 0.1) is 13.2 Å². The Morgan fingerprint density at radius 2 is 2.38 bits per heavy atom. The van der Waals surface area contributed by atoms with Gasteiger partial charge >= 0.3 is 0 Å². The summed E-state index contributed by atoms with van der Waals surface area (Å²) in [7, 11) is 0. The number of hydrogen-bond acceptors (Lipinski definition) is 3. The summed E-state index contributed by atoms with van der Waals surface area (Å²) in [6.07, 6.45) is 4.21. The van der Waals surface area contributed by atoms with Crippen LogP contribution < -0.4 is 4.74 Å². The molecule has 0 aromatic carbocycles. The zero-order valence-electron chi connectivity index (χ0n) is 7.44. The first-order chi connectivity index (χ1) is 6.40. The largest absolute Gasteiger partial charge is 0.477 e. The summed E-state index contributed by atoms with van der Waals surface area (Å²) < 4.78 is 5.48. The van der Waals surface area contributed by atoms with Crippen LogP contribution in [0.2, 0.25) is 0 Å². The standard InChI is InChI=1S/C10H13NO2/c12-6-9-2-1-5-11-10(9)13-7-8-3-4-8/h1-2,5,8,12H,3-4,6-7H2. The van der Waals surface area contributed by atoms with E-state index in [4.69, 9.17) is 9.84 Å². The van der Waals surface area contributed by atoms with Crippen LogP contribution in [-0.2, 0) is 6.61 Å². The fourth-order valence-corrected chi connectivity index (χ4v) is 1.16. The number of nitrogens with zero attached hydrogens (tertiary/aromatic N) is 1. The highest BCUT2D eigenvalue weighted by atomic mass is 16.5. The van der Waals surface area contributed by atoms with E-state index in [1.807, 2.05) is 6.07 Å². The van der Waals surface area contributed by atoms with Crippen molar-refractivity contribution in [1.29, 1.82) is 0 Å². The van der Waals surface area contributed by atoms with E-state index < -0.39 is 0 Å². The first-order valence-electron chi connectivity index (χ1n) is 4.57. The maximum Gasteiger partial charge on any atom is 0.218 e. The van der Waals surface area contributed by atoms with Gasteiger partial charge in [0, 0.05) is 11.8 Å². The van der Waals surface area contributed by atoms with Gasteiger partial charge in [0.1, 0.15) is 0 Å². The second-order valence-corrected chi connectivity index (χ2v) is 3.38. The van der Waals surface area contributed by atoms with Gasteiger partial charge < -0.3 is 9.84 Å². The smallest absolute Gasteiger partial charge is 0.218 e. The van der Waals surface area contributed by atoms with Crippen LogP contribution in [0.25, 0.3) is 0 Å². The molecule has 0 saturated heterocycles. The van der Waals surface area contributed by atoms with Crippen molar-refractivity contribution in [2.75, 3.05) is 6.61 Å². The predicted molar refractivity (Wildman–Crippen MR) is 48.4 cm³/mol. The number of pyridine rings is 1. The molecular weight excluding hydrogens is 166 g/mol. The fraction of sp³-hybridized carbons (Fsp3) is 0.500. The van der Waals surface area contributed by atoms with Crippen LogP contribution in [0.3, 0.4) is 0 Å². The molecule has 13 heavy (non-hydrogen) atoms. The molecule has 0 atom stereocenters. The molecule has 0 aliphatic heterocycles. The third kappa shape index (κ3) is 2.18. The molecule has 0 bridgehead atoms. The zero-order chi connectivity index (χ0) is 9.10. The van der Waals surface area contributed by atoms with Gasteiger partial charge in [0.25, 0.3) is 0 Å². The number of aliphatic hydroxyl groups is 1. The third-order valence-electron chi connectivity index (χ3n) is 2.17. The van der Waals surface area contributed by atoms with Gasteiger partial charge in [-0.1, -0.05) is 0 Å². The number of aromatic nitrogens is 1. The molecule has 1 saturated carbocycles. The topological polar surface area (TPSA) is 42.4 Å². The molecule has 1 heterocycles. The van der Waals surface area contributed by atoms with E-state index in [2.05, 4.69) is 4.98 Å². The van der Waals surface area contributed by atoms with E-state index in [0.29, 0.717) is 11.8 Å². The van der Waals surface area contributed by atoms with E-state index in [9.17, 15) is 0 Å². The predicted octanol–water partition coefficient (Wildman–Crippen LogP) is 1.36. The molecule has 1 aromatic heterocycles. The average Bonchev–Trinajstić information content (AvgIpc) is 2.99. The summed E-state index contributed by atoms with van der Waals surface area (Å²) in [5, 5.41) is 8.98. The average molecular weight is 179 g/mol. The maximum absolute atomic E-state index is 8.98. The molecule has 1 fully saturated rings. The van der Waals surface area contributed by atoms with Crippen molar-refractivity contribution in [1.82, 2.24) is 4.98 Å². The normalized spacial score (nSPS) is 15.8. The van der Waals surface area contributed by atoms with Crippen molar-refractivity contribution < 1.29 is 9.84 Å². The summed E-state index contributed by atoms with van der Waals surface area (Å²) in [5.41, 5.74) is 0.767. The zero-order valence-corrected chi connectivity index (χ0v) is 7.44. The van der Waals surface area contributed by atoms with Crippen molar-refractivity contribution >= 4 is 0 Å². The first-order valence-corrected chi connectivity index (χ1v) is 4.57. The van der Waals surface area contributed by atoms with E-state index in [1.165, 1.54) is 12.8 Å². The molecule has 0 spiro atoms. The first kappa shape index (κ1) is 8.51. The molecule has 0 radical (unpaired) electrons. The number of ether oxygens (including phenoxy) is 1. The van der Waals surface area contributed by atoms with Crippen LogP contribution in [0.1, 0.15) is 18.4 Å². The monoisotopic (exact) mass is 179 g/mol. The Morgan fingerprint density at radius 3 is 3.08 bits per heavy atom. The lowest BCUT2D eigenvalue weighted by atomic mass is 10.3. The Hall–Kier alpha value is -1.09. The molecule has 3 nitrogen and oxygen atoms in total. The van der Waals surface area contributed by atoms with Crippen LogP contribution in [0.5, 0.6) is 5.88 Å². The molecule has 1 aromatic rings. The Balaban J connectivity index is 1.99. The van der Waals surface area contributed by atoms with Gasteiger partial charge in [0.15, 0.2) is 0 Å². The van der Waals surface area contributed by atoms with Crippen LogP contribution in [-0.4, -0.2) is 16.7 Å². The van der Waals surface area contributed by atoms with Gasteiger partial charge in [-0.25, -0.2) is 4.98 Å². The summed E-state index contributed by atoms with van der Waals surface area (Å²) in [5.74, 6) is 1.30. The van der Waals surface area contributed by atoms with E-state index in [0.717, 1.165) is 12.2 Å². The number of aliphatic hydroxyl groups excluding tert-OH is 1. The van der Waals surface area contributed by atoms with Crippen LogP contribution in [0, 0.1) is 5.92 Å². The van der Waals surface area contributed by atoms with Gasteiger partial charge in [-0.3, -0.25) is 0 Å². The SMILES string of the molecule is OCc1cccnc1OCC1CC1. The molecular formula is C10H13NO2. The summed E-state index contributed by atoms with van der Waals surface area (Å²) in [6, 6.07) is 3.63. The quantitative estimate of drug-likeness (QED) is 0.758. The lowest BCUT2D eigenvalue weighted by Crippen LogP contribution is -2.03. The molecule has 2 rings (SSSR count). The van der Waals surface area contributed by atoms with Gasteiger partial charge in [-0.2, -0.15) is 0 Å². The molecule has 1 N–H and O–H groups in total. The number of hydrogen-bond donors (Lipinski definition) is 1. The maximum atomic E-state index is 8.98. The molecule has 0 unspecified atom stereocenters. The lowest BCUT2D eigenvalue weighted by molar-refractivity contribution is 0.251. The van der Waals surface area contributed by atoms with Crippen molar-refractivity contribution in [3.63, 3.8) is 0 Å². The minimum Gasteiger partial charge on any atom is -0.477 e. The minimum atomic E-state index is -0.00611. The van der Waals surface area contributed by atoms with Crippen molar-refractivity contribution in [3.8, 4) is 5.88 Å². The summed E-state index contributed by atoms with van der Waals surface area (Å²) in [6.45, 7) is 0.734. The van der Waals surface area contributed by atoms with E-state index in [-0.39, 0.29) is 6.61 Å². The third-order valence-corrected chi connectivity index (χ3v) is 2.17. The van der Waals surface area contributed by atoms with E-state index in [1.54, 1.807) is 12.3 Å². The van der Waals surface area contributed by atoms with Gasteiger partial charge in [0.2, 0.25) is 5.88 Å². The lowest BCUT2D eigenvalue weighted by Gasteiger charge is -2.06. The Morgan fingerprint density at radius 1 is 1.54 bits per heavy atom. The van der Waals surface area contributed by atoms with Crippen molar-refractivity contribution in [2.24, 2.45) is 5.92 Å². The highest BCUT2D eigenvalue weighted by molar-refractivity contribution is 5.24. The highest BCUT2D eigenvalue weighted by Gasteiger charge is 2.22. The van der Waals surface area contributed by atoms with Crippen LogP contribution in [0.4, 0.5) is 0 Å². The van der Waals surface area contributed by atoms with Gasteiger partial charge in [-0.05, 0) is 30.9 Å². The highest BCUT2D eigenvalue weighted by Crippen LogP contribution is 2.29. The Bertz CT molecular complexity index is 284. The van der Waals surface area contributed by atoms with Crippen LogP contribution in [0.15, 0.2) is 18.3 Å². The van der Waals surface area contributed by atoms with Crippen LogP contribution >= 0.6 is 0 Å². The molecule has 1 aliphatic rings. The van der Waals surface area contributed by atoms with Gasteiger partial charge in [-0.15, -0.1) is 0 Å². The minimum absolute atomic E-state index is 0.00611. The Kier molecular flexibility index (Phi) is 2.45. The van der Waals surface area contributed by atoms with Crippen molar-refractivity contribution in [3.05, 3.63) is 23.9 Å². The summed E-state index contributed by atoms with van der Waals surface area (Å²) >= 11 is 0. The van der Waals surface area contributed by atoms with E-state index >= 15 is 0 Å². The second-order valence-electron chi connectivity index (χ2n) is 3.38. The number of rotatable bonds is 4. The fourth-order valence-electron chi connectivity index (χ4n) is 1.16.